The fourth-order valence-electron chi connectivity index (χ4n) is 3.70. The van der Waals surface area contributed by atoms with Gasteiger partial charge in [-0.15, -0.1) is 0 Å². The van der Waals surface area contributed by atoms with Crippen LogP contribution in [-0.4, -0.2) is 21.5 Å². The van der Waals surface area contributed by atoms with E-state index in [0.717, 1.165) is 16.7 Å². The zero-order valence-corrected chi connectivity index (χ0v) is 18.2. The third-order valence-corrected chi connectivity index (χ3v) is 7.63. The van der Waals surface area contributed by atoms with Gasteiger partial charge in [0.2, 0.25) is 0 Å². The molecule has 1 unspecified atom stereocenters. The summed E-state index contributed by atoms with van der Waals surface area (Å²) in [6, 6.07) is 18.0. The molecule has 1 heterocycles. The van der Waals surface area contributed by atoms with Crippen molar-refractivity contribution in [3.8, 4) is 11.1 Å². The maximum atomic E-state index is 13.8. The van der Waals surface area contributed by atoms with Crippen LogP contribution in [0.5, 0.6) is 0 Å². The summed E-state index contributed by atoms with van der Waals surface area (Å²) in [6.45, 7) is 0. The molecule has 30 heavy (non-hydrogen) atoms. The van der Waals surface area contributed by atoms with E-state index < -0.39 is 22.0 Å². The van der Waals surface area contributed by atoms with Crippen LogP contribution >= 0.6 is 23.2 Å². The van der Waals surface area contributed by atoms with Crippen molar-refractivity contribution in [1.29, 1.82) is 0 Å². The second-order valence-electron chi connectivity index (χ2n) is 6.78. The fourth-order valence-corrected chi connectivity index (χ4v) is 5.74. The molecule has 0 fully saturated rings. The normalized spacial score (nSPS) is 15.3. The van der Waals surface area contributed by atoms with Gasteiger partial charge in [-0.3, -0.25) is 9.10 Å². The highest BCUT2D eigenvalue weighted by molar-refractivity contribution is 7.92. The van der Waals surface area contributed by atoms with Crippen molar-refractivity contribution in [3.63, 3.8) is 0 Å². The van der Waals surface area contributed by atoms with E-state index >= 15 is 0 Å². The van der Waals surface area contributed by atoms with Gasteiger partial charge in [0.15, 0.2) is 0 Å². The number of ether oxygens (including phenoxy) is 1. The largest absolute Gasteiger partial charge is 0.469 e. The molecule has 0 spiro atoms. The van der Waals surface area contributed by atoms with E-state index in [1.807, 2.05) is 36.4 Å². The van der Waals surface area contributed by atoms with Gasteiger partial charge >= 0.3 is 5.97 Å². The van der Waals surface area contributed by atoms with Crippen molar-refractivity contribution in [2.24, 2.45) is 0 Å². The number of benzene rings is 3. The number of nitrogens with zero attached hydrogens (tertiary/aromatic N) is 1. The van der Waals surface area contributed by atoms with Crippen LogP contribution in [0.4, 0.5) is 5.69 Å². The Morgan fingerprint density at radius 1 is 0.967 bits per heavy atom. The Labute approximate surface area is 184 Å². The van der Waals surface area contributed by atoms with E-state index in [0.29, 0.717) is 5.69 Å². The van der Waals surface area contributed by atoms with Crippen molar-refractivity contribution < 1.29 is 17.9 Å². The highest BCUT2D eigenvalue weighted by atomic mass is 35.5. The maximum absolute atomic E-state index is 13.8. The summed E-state index contributed by atoms with van der Waals surface area (Å²) < 4.78 is 33.7. The number of methoxy groups -OCH3 is 1. The van der Waals surface area contributed by atoms with Gasteiger partial charge in [0.1, 0.15) is 0 Å². The molecule has 3 aromatic carbocycles. The van der Waals surface area contributed by atoms with Gasteiger partial charge in [-0.05, 0) is 35.4 Å². The molecule has 0 amide bonds. The van der Waals surface area contributed by atoms with E-state index in [-0.39, 0.29) is 21.4 Å². The van der Waals surface area contributed by atoms with Crippen molar-refractivity contribution >= 4 is 44.9 Å². The summed E-state index contributed by atoms with van der Waals surface area (Å²) >= 11 is 12.1. The number of esters is 1. The summed E-state index contributed by atoms with van der Waals surface area (Å²) in [5.41, 5.74) is 2.85. The Hall–Kier alpha value is -2.54. The fraction of sp³-hybridized carbons (Fsp3) is 0.136. The van der Waals surface area contributed by atoms with E-state index in [1.165, 1.54) is 29.6 Å². The summed E-state index contributed by atoms with van der Waals surface area (Å²) in [5.74, 6) is -0.511. The Kier molecular flexibility index (Phi) is 5.49. The number of anilines is 1. The zero-order valence-electron chi connectivity index (χ0n) is 15.9. The molecule has 1 atom stereocenters. The monoisotopic (exact) mass is 461 g/mol. The second kappa shape index (κ2) is 7.95. The van der Waals surface area contributed by atoms with E-state index in [4.69, 9.17) is 27.9 Å². The van der Waals surface area contributed by atoms with Crippen molar-refractivity contribution in [1.82, 2.24) is 0 Å². The SMILES string of the molecule is COC(=O)CC1c2ccccc2-c2ccccc2N1S(=O)(=O)c1ccc(Cl)c(Cl)c1. The minimum absolute atomic E-state index is 0.0130. The van der Waals surface area contributed by atoms with Gasteiger partial charge in [0, 0.05) is 5.56 Å². The number of hydrogen-bond donors (Lipinski definition) is 0. The molecular formula is C22H17Cl2NO4S. The van der Waals surface area contributed by atoms with Crippen LogP contribution in [0.3, 0.4) is 0 Å². The Morgan fingerprint density at radius 2 is 1.63 bits per heavy atom. The van der Waals surface area contributed by atoms with E-state index in [2.05, 4.69) is 0 Å². The van der Waals surface area contributed by atoms with Crippen LogP contribution in [0.2, 0.25) is 10.0 Å². The first-order valence-corrected chi connectivity index (χ1v) is 11.3. The van der Waals surface area contributed by atoms with Gasteiger partial charge in [-0.25, -0.2) is 8.42 Å². The number of rotatable bonds is 4. The molecule has 3 aromatic rings. The summed E-state index contributed by atoms with van der Waals surface area (Å²) in [4.78, 5) is 12.2. The highest BCUT2D eigenvalue weighted by Crippen LogP contribution is 2.48. The van der Waals surface area contributed by atoms with Gasteiger partial charge < -0.3 is 4.74 Å². The average molecular weight is 462 g/mol. The summed E-state index contributed by atoms with van der Waals surface area (Å²) in [6.07, 6.45) is -0.137. The van der Waals surface area contributed by atoms with Crippen LogP contribution in [0.15, 0.2) is 71.6 Å². The second-order valence-corrected chi connectivity index (χ2v) is 9.41. The molecule has 0 saturated heterocycles. The van der Waals surface area contributed by atoms with Crippen molar-refractivity contribution in [2.75, 3.05) is 11.4 Å². The molecule has 1 aliphatic rings. The number of para-hydroxylation sites is 1. The highest BCUT2D eigenvalue weighted by Gasteiger charge is 2.40. The molecule has 0 aromatic heterocycles. The quantitative estimate of drug-likeness (QED) is 0.482. The lowest BCUT2D eigenvalue weighted by atomic mass is 9.88. The lowest BCUT2D eigenvalue weighted by molar-refractivity contribution is -0.141. The minimum Gasteiger partial charge on any atom is -0.469 e. The Bertz CT molecular complexity index is 1240. The molecule has 0 aliphatic carbocycles. The Balaban J connectivity index is 1.97. The predicted octanol–water partition coefficient (Wildman–Crippen LogP) is 5.47. The zero-order chi connectivity index (χ0) is 21.5. The molecule has 154 valence electrons. The first-order valence-electron chi connectivity index (χ1n) is 9.09. The molecule has 0 N–H and O–H groups in total. The minimum atomic E-state index is -4.08. The molecule has 5 nitrogen and oxygen atoms in total. The lowest BCUT2D eigenvalue weighted by Crippen LogP contribution is -2.38. The van der Waals surface area contributed by atoms with Gasteiger partial charge in [-0.2, -0.15) is 0 Å². The summed E-state index contributed by atoms with van der Waals surface area (Å²) in [5, 5.41) is 0.388. The molecule has 0 bridgehead atoms. The first-order chi connectivity index (χ1) is 14.3. The van der Waals surface area contributed by atoms with Crippen LogP contribution in [-0.2, 0) is 19.6 Å². The lowest BCUT2D eigenvalue weighted by Gasteiger charge is -2.38. The topological polar surface area (TPSA) is 63.7 Å². The molecule has 0 saturated carbocycles. The van der Waals surface area contributed by atoms with Crippen LogP contribution in [0, 0.1) is 0 Å². The molecule has 0 radical (unpaired) electrons. The van der Waals surface area contributed by atoms with Crippen LogP contribution in [0.25, 0.3) is 11.1 Å². The number of sulfonamides is 1. The van der Waals surface area contributed by atoms with Crippen molar-refractivity contribution in [3.05, 3.63) is 82.3 Å². The van der Waals surface area contributed by atoms with Gasteiger partial charge in [0.25, 0.3) is 10.0 Å². The predicted molar refractivity (Wildman–Crippen MR) is 117 cm³/mol. The molecule has 8 heteroatoms. The Morgan fingerprint density at radius 3 is 2.33 bits per heavy atom. The molecule has 1 aliphatic heterocycles. The third kappa shape index (κ3) is 3.45. The first kappa shape index (κ1) is 20.7. The molecule has 4 rings (SSSR count). The number of carbonyl (C=O) groups is 1. The smallest absolute Gasteiger partial charge is 0.307 e. The standard InChI is InChI=1S/C22H17Cl2NO4S/c1-29-22(26)13-21-17-8-3-2-6-15(17)16-7-4-5-9-20(16)25(21)30(27,28)14-10-11-18(23)19(24)12-14/h2-12,21H,13H2,1H3. The van der Waals surface area contributed by atoms with E-state index in [1.54, 1.807) is 12.1 Å². The maximum Gasteiger partial charge on any atom is 0.307 e. The van der Waals surface area contributed by atoms with E-state index in [9.17, 15) is 13.2 Å². The number of hydrogen-bond acceptors (Lipinski definition) is 4. The van der Waals surface area contributed by atoms with Gasteiger partial charge in [0.05, 0.1) is 40.2 Å². The van der Waals surface area contributed by atoms with Gasteiger partial charge in [-0.1, -0.05) is 65.7 Å². The molecular weight excluding hydrogens is 445 g/mol. The number of halogens is 2. The third-order valence-electron chi connectivity index (χ3n) is 5.07. The summed E-state index contributed by atoms with van der Waals surface area (Å²) in [7, 11) is -2.80. The average Bonchev–Trinajstić information content (AvgIpc) is 2.75. The van der Waals surface area contributed by atoms with Crippen LogP contribution in [0.1, 0.15) is 18.0 Å². The van der Waals surface area contributed by atoms with Crippen LogP contribution < -0.4 is 4.31 Å². The number of fused-ring (bicyclic) bond motifs is 3. The van der Waals surface area contributed by atoms with Crippen molar-refractivity contribution in [2.45, 2.75) is 17.4 Å². The number of carbonyl (C=O) groups excluding carboxylic acids is 1.